The number of alkyl carbamates (subject to hydrolysis) is 1. The predicted octanol–water partition coefficient (Wildman–Crippen LogP) is 4.08. The minimum absolute atomic E-state index is 0.193. The molecule has 180 valence electrons. The summed E-state index contributed by atoms with van der Waals surface area (Å²) in [7, 11) is 1.24. The van der Waals surface area contributed by atoms with Gasteiger partial charge in [0.25, 0.3) is 0 Å². The van der Waals surface area contributed by atoms with Gasteiger partial charge in [0.15, 0.2) is 0 Å². The number of hydrogen-bond acceptors (Lipinski definition) is 5. The van der Waals surface area contributed by atoms with Crippen molar-refractivity contribution in [2.45, 2.75) is 37.8 Å². The van der Waals surface area contributed by atoms with Crippen LogP contribution in [0.2, 0.25) is 0 Å². The van der Waals surface area contributed by atoms with E-state index in [9.17, 15) is 14.4 Å². The Labute approximate surface area is 207 Å². The van der Waals surface area contributed by atoms with Crippen molar-refractivity contribution in [1.29, 1.82) is 0 Å². The molecule has 2 N–H and O–H groups in total. The van der Waals surface area contributed by atoms with Crippen LogP contribution in [0.25, 0.3) is 0 Å². The van der Waals surface area contributed by atoms with Gasteiger partial charge in [0.1, 0.15) is 12.6 Å². The lowest BCUT2D eigenvalue weighted by Gasteiger charge is -2.27. The quantitative estimate of drug-likeness (QED) is 0.589. The van der Waals surface area contributed by atoms with Crippen molar-refractivity contribution in [3.8, 4) is 0 Å². The van der Waals surface area contributed by atoms with Crippen LogP contribution in [-0.2, 0) is 14.3 Å². The molecule has 0 unspecified atom stereocenters. The SMILES string of the molecule is COC(=O)NCC(=O)N1CCC[C@H]1C(=O)Nc1ccc([C@@H]2CCCN2c2ccc(Br)cc2)cc1. The van der Waals surface area contributed by atoms with E-state index in [2.05, 4.69) is 72.6 Å². The summed E-state index contributed by atoms with van der Waals surface area (Å²) >= 11 is 3.50. The minimum atomic E-state index is -0.672. The first-order chi connectivity index (χ1) is 16.5. The number of likely N-dealkylation sites (tertiary alicyclic amines) is 1. The first-order valence-corrected chi connectivity index (χ1v) is 12.3. The van der Waals surface area contributed by atoms with Crippen molar-refractivity contribution < 1.29 is 19.1 Å². The van der Waals surface area contributed by atoms with E-state index in [4.69, 9.17) is 0 Å². The van der Waals surface area contributed by atoms with Gasteiger partial charge < -0.3 is 25.2 Å². The van der Waals surface area contributed by atoms with Crippen LogP contribution in [0.15, 0.2) is 53.0 Å². The molecule has 8 nitrogen and oxygen atoms in total. The van der Waals surface area contributed by atoms with E-state index >= 15 is 0 Å². The van der Waals surface area contributed by atoms with Crippen molar-refractivity contribution in [2.75, 3.05) is 37.0 Å². The predicted molar refractivity (Wildman–Crippen MR) is 134 cm³/mol. The highest BCUT2D eigenvalue weighted by atomic mass is 79.9. The van der Waals surface area contributed by atoms with Gasteiger partial charge in [0.05, 0.1) is 13.2 Å². The van der Waals surface area contributed by atoms with Crippen LogP contribution in [0.4, 0.5) is 16.2 Å². The molecule has 2 atom stereocenters. The van der Waals surface area contributed by atoms with Gasteiger partial charge in [0.2, 0.25) is 11.8 Å². The van der Waals surface area contributed by atoms with E-state index < -0.39 is 12.1 Å². The zero-order chi connectivity index (χ0) is 24.1. The zero-order valence-corrected chi connectivity index (χ0v) is 20.7. The van der Waals surface area contributed by atoms with Crippen molar-refractivity contribution in [2.24, 2.45) is 0 Å². The Morgan fingerprint density at radius 3 is 2.41 bits per heavy atom. The van der Waals surface area contributed by atoms with Crippen molar-refractivity contribution in [1.82, 2.24) is 10.2 Å². The number of carbonyl (C=O) groups excluding carboxylic acids is 3. The maximum atomic E-state index is 12.9. The Hall–Kier alpha value is -3.07. The molecule has 2 heterocycles. The van der Waals surface area contributed by atoms with Gasteiger partial charge in [-0.15, -0.1) is 0 Å². The van der Waals surface area contributed by atoms with Crippen molar-refractivity contribution in [3.05, 3.63) is 58.6 Å². The molecule has 0 aromatic heterocycles. The van der Waals surface area contributed by atoms with Gasteiger partial charge in [0, 0.05) is 28.9 Å². The Kier molecular flexibility index (Phi) is 7.72. The molecule has 0 saturated carbocycles. The molecule has 2 aromatic rings. The largest absolute Gasteiger partial charge is 0.453 e. The van der Waals surface area contributed by atoms with Crippen LogP contribution in [0.3, 0.4) is 0 Å². The highest BCUT2D eigenvalue weighted by Crippen LogP contribution is 2.36. The van der Waals surface area contributed by atoms with Crippen LogP contribution >= 0.6 is 15.9 Å². The van der Waals surface area contributed by atoms with E-state index in [1.54, 1.807) is 0 Å². The Morgan fingerprint density at radius 2 is 1.71 bits per heavy atom. The van der Waals surface area contributed by atoms with E-state index in [-0.39, 0.29) is 18.4 Å². The molecule has 2 aliphatic rings. The van der Waals surface area contributed by atoms with Crippen LogP contribution in [0, 0.1) is 0 Å². The molecule has 0 radical (unpaired) electrons. The standard InChI is InChI=1S/C25H29BrN4O4/c1-34-25(33)27-16-23(31)30-15-3-5-22(30)24(32)28-19-10-6-17(7-11-19)21-4-2-14-29(21)20-12-8-18(26)9-13-20/h6-13,21-22H,2-5,14-16H2,1H3,(H,27,33)(H,28,32)/t21-,22-/m0/s1. The van der Waals surface area contributed by atoms with Crippen LogP contribution in [-0.4, -0.2) is 55.6 Å². The molecular formula is C25H29BrN4O4. The molecule has 0 spiro atoms. The fourth-order valence-corrected chi connectivity index (χ4v) is 4.99. The molecule has 34 heavy (non-hydrogen) atoms. The van der Waals surface area contributed by atoms with Crippen LogP contribution < -0.4 is 15.5 Å². The summed E-state index contributed by atoms with van der Waals surface area (Å²) in [5.74, 6) is -0.512. The van der Waals surface area contributed by atoms with E-state index in [0.29, 0.717) is 24.7 Å². The first-order valence-electron chi connectivity index (χ1n) is 11.5. The number of carbonyl (C=O) groups is 3. The lowest BCUT2D eigenvalue weighted by molar-refractivity contribution is -0.135. The summed E-state index contributed by atoms with van der Waals surface area (Å²) in [6.45, 7) is 1.31. The number of methoxy groups -OCH3 is 1. The number of amides is 3. The molecule has 0 aliphatic carbocycles. The molecule has 2 aromatic carbocycles. The first kappa shape index (κ1) is 24.1. The van der Waals surface area contributed by atoms with Gasteiger partial charge in [-0.1, -0.05) is 28.1 Å². The number of anilines is 2. The summed E-state index contributed by atoms with van der Waals surface area (Å²) in [6.07, 6.45) is 2.89. The number of benzene rings is 2. The summed E-state index contributed by atoms with van der Waals surface area (Å²) in [4.78, 5) is 40.5. The van der Waals surface area contributed by atoms with Crippen molar-refractivity contribution in [3.63, 3.8) is 0 Å². The second-order valence-corrected chi connectivity index (χ2v) is 9.45. The van der Waals surface area contributed by atoms with Crippen molar-refractivity contribution >= 4 is 45.2 Å². The second kappa shape index (κ2) is 10.9. The smallest absolute Gasteiger partial charge is 0.407 e. The van der Waals surface area contributed by atoms with Gasteiger partial charge in [-0.3, -0.25) is 9.59 Å². The monoisotopic (exact) mass is 528 g/mol. The average molecular weight is 529 g/mol. The number of rotatable bonds is 6. The second-order valence-electron chi connectivity index (χ2n) is 8.53. The number of halogens is 1. The van der Waals surface area contributed by atoms with Gasteiger partial charge >= 0.3 is 6.09 Å². The highest BCUT2D eigenvalue weighted by Gasteiger charge is 2.34. The molecule has 2 aliphatic heterocycles. The molecule has 2 fully saturated rings. The lowest BCUT2D eigenvalue weighted by atomic mass is 10.0. The molecular weight excluding hydrogens is 500 g/mol. The Morgan fingerprint density at radius 1 is 1.00 bits per heavy atom. The lowest BCUT2D eigenvalue weighted by Crippen LogP contribution is -2.47. The normalized spacial score (nSPS) is 19.7. The number of hydrogen-bond donors (Lipinski definition) is 2. The van der Waals surface area contributed by atoms with Gasteiger partial charge in [-0.2, -0.15) is 0 Å². The molecule has 4 rings (SSSR count). The maximum absolute atomic E-state index is 12.9. The zero-order valence-electron chi connectivity index (χ0n) is 19.1. The third-order valence-corrected chi connectivity index (χ3v) is 6.95. The van der Waals surface area contributed by atoms with Crippen LogP contribution in [0.1, 0.15) is 37.3 Å². The van der Waals surface area contributed by atoms with E-state index in [0.717, 1.165) is 30.3 Å². The Balaban J connectivity index is 1.37. The minimum Gasteiger partial charge on any atom is -0.453 e. The number of ether oxygens (including phenoxy) is 1. The fraction of sp³-hybridized carbons (Fsp3) is 0.400. The fourth-order valence-electron chi connectivity index (χ4n) is 4.73. The van der Waals surface area contributed by atoms with E-state index in [1.807, 2.05) is 12.1 Å². The van der Waals surface area contributed by atoms with Gasteiger partial charge in [-0.25, -0.2) is 4.79 Å². The topological polar surface area (TPSA) is 91.0 Å². The molecule has 3 amide bonds. The summed E-state index contributed by atoms with van der Waals surface area (Å²) in [5, 5.41) is 5.33. The summed E-state index contributed by atoms with van der Waals surface area (Å²) < 4.78 is 5.56. The third kappa shape index (κ3) is 5.52. The summed E-state index contributed by atoms with van der Waals surface area (Å²) in [5.41, 5.74) is 3.12. The van der Waals surface area contributed by atoms with E-state index in [1.165, 1.54) is 23.3 Å². The number of nitrogens with zero attached hydrogens (tertiary/aromatic N) is 2. The highest BCUT2D eigenvalue weighted by molar-refractivity contribution is 9.10. The van der Waals surface area contributed by atoms with Crippen LogP contribution in [0.5, 0.6) is 0 Å². The third-order valence-electron chi connectivity index (χ3n) is 6.42. The molecule has 2 saturated heterocycles. The summed E-state index contributed by atoms with van der Waals surface area (Å²) in [6, 6.07) is 16.1. The molecule has 0 bridgehead atoms. The average Bonchev–Trinajstić information content (AvgIpc) is 3.53. The molecule has 9 heteroatoms. The number of nitrogens with one attached hydrogen (secondary N) is 2. The maximum Gasteiger partial charge on any atom is 0.407 e. The Bertz CT molecular complexity index is 1030. The van der Waals surface area contributed by atoms with Gasteiger partial charge in [-0.05, 0) is 67.6 Å².